The molecule has 0 spiro atoms. The van der Waals surface area contributed by atoms with Crippen LogP contribution in [0.4, 0.5) is 0 Å². The van der Waals surface area contributed by atoms with Crippen LogP contribution in [-0.2, 0) is 28.3 Å². The van der Waals surface area contributed by atoms with E-state index < -0.39 is 16.1 Å². The lowest BCUT2D eigenvalue weighted by molar-refractivity contribution is -0.125. The van der Waals surface area contributed by atoms with Crippen molar-refractivity contribution in [3.8, 4) is 11.5 Å². The number of carbonyl (C=O) groups excluding carboxylic acids is 1. The molecule has 0 unspecified atom stereocenters. The fraction of sp³-hybridized carbons (Fsp3) is 0.524. The van der Waals surface area contributed by atoms with E-state index in [9.17, 15) is 13.2 Å². The zero-order valence-electron chi connectivity index (χ0n) is 17.4. The van der Waals surface area contributed by atoms with E-state index in [1.54, 1.807) is 12.3 Å². The maximum absolute atomic E-state index is 13.4. The molecule has 2 aliphatic heterocycles. The number of sulfonamides is 1. The van der Waals surface area contributed by atoms with E-state index in [0.29, 0.717) is 44.1 Å². The predicted molar refractivity (Wildman–Crippen MR) is 111 cm³/mol. The van der Waals surface area contributed by atoms with Crippen molar-refractivity contribution in [3.05, 3.63) is 35.7 Å². The molecular weight excluding hydrogens is 420 g/mol. The van der Waals surface area contributed by atoms with Crippen LogP contribution >= 0.6 is 0 Å². The molecule has 31 heavy (non-hydrogen) atoms. The zero-order chi connectivity index (χ0) is 21.6. The molecule has 1 amide bonds. The average molecular weight is 447 g/mol. The van der Waals surface area contributed by atoms with Crippen molar-refractivity contribution in [2.45, 2.75) is 49.1 Å². The first-order valence-corrected chi connectivity index (χ1v) is 12.1. The van der Waals surface area contributed by atoms with Gasteiger partial charge in [-0.3, -0.25) is 9.48 Å². The topological polar surface area (TPSA) is 103 Å². The van der Waals surface area contributed by atoms with Crippen LogP contribution in [0.15, 0.2) is 29.3 Å². The van der Waals surface area contributed by atoms with E-state index in [0.717, 1.165) is 30.5 Å². The zero-order valence-corrected chi connectivity index (χ0v) is 18.2. The van der Waals surface area contributed by atoms with Crippen LogP contribution in [0, 0.1) is 0 Å². The Balaban J connectivity index is 1.36. The van der Waals surface area contributed by atoms with Gasteiger partial charge in [-0.15, -0.1) is 0 Å². The first-order chi connectivity index (χ1) is 14.9. The minimum Gasteiger partial charge on any atom is -0.486 e. The highest BCUT2D eigenvalue weighted by molar-refractivity contribution is 7.89. The Morgan fingerprint density at radius 2 is 1.97 bits per heavy atom. The molecule has 1 aliphatic carbocycles. The van der Waals surface area contributed by atoms with Gasteiger partial charge in [-0.1, -0.05) is 0 Å². The van der Waals surface area contributed by atoms with Crippen molar-refractivity contribution in [1.29, 1.82) is 0 Å². The van der Waals surface area contributed by atoms with Gasteiger partial charge in [0.1, 0.15) is 19.3 Å². The first-order valence-electron chi connectivity index (χ1n) is 10.7. The summed E-state index contributed by atoms with van der Waals surface area (Å²) in [5.41, 5.74) is 2.16. The smallest absolute Gasteiger partial charge is 0.243 e. The van der Waals surface area contributed by atoms with Crippen LogP contribution in [-0.4, -0.2) is 54.2 Å². The van der Waals surface area contributed by atoms with E-state index in [4.69, 9.17) is 9.47 Å². The van der Waals surface area contributed by atoms with Gasteiger partial charge in [0.05, 0.1) is 17.1 Å². The number of aryl methyl sites for hydroxylation is 1. The van der Waals surface area contributed by atoms with E-state index >= 15 is 0 Å². The lowest BCUT2D eigenvalue weighted by atomic mass is 9.92. The van der Waals surface area contributed by atoms with Gasteiger partial charge in [-0.05, 0) is 44.2 Å². The minimum absolute atomic E-state index is 0.115. The van der Waals surface area contributed by atoms with E-state index in [1.165, 1.54) is 16.4 Å². The van der Waals surface area contributed by atoms with Crippen molar-refractivity contribution in [1.82, 2.24) is 19.4 Å². The maximum atomic E-state index is 13.4. The number of nitrogens with one attached hydrogen (secondary N) is 1. The van der Waals surface area contributed by atoms with Crippen LogP contribution in [0.5, 0.6) is 11.5 Å². The van der Waals surface area contributed by atoms with Crippen LogP contribution in [0.1, 0.15) is 43.0 Å². The van der Waals surface area contributed by atoms with E-state index in [2.05, 4.69) is 10.4 Å². The second kappa shape index (κ2) is 7.83. The van der Waals surface area contributed by atoms with E-state index in [-0.39, 0.29) is 16.8 Å². The van der Waals surface area contributed by atoms with Crippen LogP contribution in [0.3, 0.4) is 0 Å². The highest BCUT2D eigenvalue weighted by Gasteiger charge is 2.41. The summed E-state index contributed by atoms with van der Waals surface area (Å²) >= 11 is 0. The average Bonchev–Trinajstić information content (AvgIpc) is 3.42. The second-order valence-corrected chi connectivity index (χ2v) is 10.1. The normalized spacial score (nSPS) is 23.4. The number of ether oxygens (including phenoxy) is 2. The molecule has 10 heteroatoms. The minimum atomic E-state index is -3.84. The highest BCUT2D eigenvalue weighted by Crippen LogP contribution is 2.35. The third-order valence-electron chi connectivity index (χ3n) is 6.32. The summed E-state index contributed by atoms with van der Waals surface area (Å²) in [5.74, 6) is 0.699. The molecule has 0 bridgehead atoms. The standard InChI is InChI=1S/C21H26N4O5S/c1-24-17-5-2-4-16(15(17)13-22-24)23-21(26)18-6-3-9-25(18)31(27,28)14-7-8-19-20(12-14)30-11-10-29-19/h7-8,12-13,16,18H,2-6,9-11H2,1H3,(H,23,26)/t16-,18+/m0/s1. The van der Waals surface area contributed by atoms with Gasteiger partial charge in [0, 0.05) is 30.9 Å². The van der Waals surface area contributed by atoms with Gasteiger partial charge < -0.3 is 14.8 Å². The number of nitrogens with zero attached hydrogens (tertiary/aromatic N) is 3. The summed E-state index contributed by atoms with van der Waals surface area (Å²) in [7, 11) is -1.94. The van der Waals surface area contributed by atoms with Gasteiger partial charge in [0.2, 0.25) is 15.9 Å². The summed E-state index contributed by atoms with van der Waals surface area (Å²) in [4.78, 5) is 13.3. The largest absolute Gasteiger partial charge is 0.486 e. The maximum Gasteiger partial charge on any atom is 0.243 e. The summed E-state index contributed by atoms with van der Waals surface area (Å²) in [6.07, 6.45) is 5.67. The fourth-order valence-electron chi connectivity index (χ4n) is 4.73. The van der Waals surface area contributed by atoms with Crippen LogP contribution < -0.4 is 14.8 Å². The number of rotatable bonds is 4. The summed E-state index contributed by atoms with van der Waals surface area (Å²) in [5, 5.41) is 7.41. The number of amides is 1. The number of benzene rings is 1. The molecule has 1 aromatic carbocycles. The molecule has 2 atom stereocenters. The van der Waals surface area contributed by atoms with Crippen molar-refractivity contribution in [2.24, 2.45) is 7.05 Å². The molecule has 166 valence electrons. The quantitative estimate of drug-likeness (QED) is 0.764. The van der Waals surface area contributed by atoms with Crippen molar-refractivity contribution >= 4 is 15.9 Å². The lowest BCUT2D eigenvalue weighted by Crippen LogP contribution is -2.47. The lowest BCUT2D eigenvalue weighted by Gasteiger charge is -2.28. The SMILES string of the molecule is Cn1ncc2c1CCC[C@@H]2NC(=O)[C@H]1CCCN1S(=O)(=O)c1ccc2c(c1)OCCO2. The molecule has 1 N–H and O–H groups in total. The second-order valence-electron chi connectivity index (χ2n) is 8.20. The van der Waals surface area contributed by atoms with E-state index in [1.807, 2.05) is 11.7 Å². The predicted octanol–water partition coefficient (Wildman–Crippen LogP) is 1.54. The number of aromatic nitrogens is 2. The van der Waals surface area contributed by atoms with Gasteiger partial charge in [-0.25, -0.2) is 8.42 Å². The third-order valence-corrected chi connectivity index (χ3v) is 8.22. The summed E-state index contributed by atoms with van der Waals surface area (Å²) < 4.78 is 40.9. The Bertz CT molecular complexity index is 1110. The molecule has 5 rings (SSSR count). The Labute approximate surface area is 181 Å². The van der Waals surface area contributed by atoms with Gasteiger partial charge in [0.25, 0.3) is 0 Å². The Morgan fingerprint density at radius 3 is 2.81 bits per heavy atom. The Hall–Kier alpha value is -2.59. The molecule has 3 aliphatic rings. The summed E-state index contributed by atoms with van der Waals surface area (Å²) in [6.45, 7) is 1.13. The van der Waals surface area contributed by atoms with Crippen molar-refractivity contribution in [3.63, 3.8) is 0 Å². The highest BCUT2D eigenvalue weighted by atomic mass is 32.2. The molecule has 2 aromatic rings. The van der Waals surface area contributed by atoms with Gasteiger partial charge in [0.15, 0.2) is 11.5 Å². The van der Waals surface area contributed by atoms with Crippen LogP contribution in [0.25, 0.3) is 0 Å². The molecule has 0 radical (unpaired) electrons. The molecule has 1 saturated heterocycles. The number of hydrogen-bond acceptors (Lipinski definition) is 6. The Kier molecular flexibility index (Phi) is 5.13. The van der Waals surface area contributed by atoms with Crippen molar-refractivity contribution < 1.29 is 22.7 Å². The molecule has 1 aromatic heterocycles. The third kappa shape index (κ3) is 3.57. The Morgan fingerprint density at radius 1 is 1.16 bits per heavy atom. The van der Waals surface area contributed by atoms with Crippen molar-refractivity contribution in [2.75, 3.05) is 19.8 Å². The molecule has 9 nitrogen and oxygen atoms in total. The number of carbonyl (C=O) groups is 1. The van der Waals surface area contributed by atoms with Crippen LogP contribution in [0.2, 0.25) is 0 Å². The first kappa shape index (κ1) is 20.3. The summed E-state index contributed by atoms with van der Waals surface area (Å²) in [6, 6.07) is 3.75. The molecule has 3 heterocycles. The monoisotopic (exact) mass is 446 g/mol. The number of fused-ring (bicyclic) bond motifs is 2. The molecule has 1 fully saturated rings. The molecule has 0 saturated carbocycles. The molecular formula is C21H26N4O5S. The fourth-order valence-corrected chi connectivity index (χ4v) is 6.41. The van der Waals surface area contributed by atoms with Gasteiger partial charge >= 0.3 is 0 Å². The number of hydrogen-bond donors (Lipinski definition) is 1. The van der Waals surface area contributed by atoms with Gasteiger partial charge in [-0.2, -0.15) is 9.40 Å².